The molecule has 17 heavy (non-hydrogen) atoms. The van der Waals surface area contributed by atoms with Gasteiger partial charge in [0.1, 0.15) is 5.60 Å². The fourth-order valence-electron chi connectivity index (χ4n) is 1.22. The van der Waals surface area contributed by atoms with E-state index in [1.165, 1.54) is 6.07 Å². The van der Waals surface area contributed by atoms with Gasteiger partial charge in [-0.05, 0) is 32.9 Å². The van der Waals surface area contributed by atoms with E-state index in [0.29, 0.717) is 5.69 Å². The highest BCUT2D eigenvalue weighted by Crippen LogP contribution is 2.16. The first-order chi connectivity index (χ1) is 7.79. The molecule has 92 valence electrons. The quantitative estimate of drug-likeness (QED) is 0.825. The number of primary amides is 1. The predicted molar refractivity (Wildman–Crippen MR) is 64.8 cm³/mol. The van der Waals surface area contributed by atoms with Crippen molar-refractivity contribution in [2.75, 3.05) is 5.32 Å². The van der Waals surface area contributed by atoms with Gasteiger partial charge >= 0.3 is 6.09 Å². The molecule has 0 aliphatic rings. The second-order valence-electron chi connectivity index (χ2n) is 4.54. The third-order valence-electron chi connectivity index (χ3n) is 1.83. The van der Waals surface area contributed by atoms with Gasteiger partial charge in [0.05, 0.1) is 11.3 Å². The minimum atomic E-state index is -0.619. The summed E-state index contributed by atoms with van der Waals surface area (Å²) in [6.45, 7) is 5.27. The van der Waals surface area contributed by atoms with Crippen LogP contribution in [-0.2, 0) is 4.74 Å². The van der Waals surface area contributed by atoms with Crippen molar-refractivity contribution >= 4 is 17.7 Å². The SMILES string of the molecule is CC(C)(C)OC(=O)Nc1ccccc1C(N)=O. The molecule has 1 rings (SSSR count). The van der Waals surface area contributed by atoms with Crippen molar-refractivity contribution in [3.63, 3.8) is 0 Å². The van der Waals surface area contributed by atoms with Gasteiger partial charge in [-0.15, -0.1) is 0 Å². The van der Waals surface area contributed by atoms with Gasteiger partial charge in [0.2, 0.25) is 0 Å². The Bertz CT molecular complexity index is 436. The fourth-order valence-corrected chi connectivity index (χ4v) is 1.22. The molecule has 0 spiro atoms. The molecule has 0 fully saturated rings. The molecule has 0 aliphatic carbocycles. The monoisotopic (exact) mass is 236 g/mol. The van der Waals surface area contributed by atoms with Crippen molar-refractivity contribution in [2.45, 2.75) is 26.4 Å². The van der Waals surface area contributed by atoms with Crippen LogP contribution in [0.4, 0.5) is 10.5 Å². The van der Waals surface area contributed by atoms with Crippen molar-refractivity contribution in [1.29, 1.82) is 0 Å². The Balaban J connectivity index is 2.82. The number of nitrogens with two attached hydrogens (primary N) is 1. The number of hydrogen-bond donors (Lipinski definition) is 2. The lowest BCUT2D eigenvalue weighted by Gasteiger charge is -2.20. The summed E-state index contributed by atoms with van der Waals surface area (Å²) in [5, 5.41) is 2.49. The maximum atomic E-state index is 11.5. The average molecular weight is 236 g/mol. The van der Waals surface area contributed by atoms with E-state index in [1.54, 1.807) is 39.0 Å². The van der Waals surface area contributed by atoms with Gasteiger partial charge in [0.15, 0.2) is 0 Å². The first kappa shape index (κ1) is 13.0. The highest BCUT2D eigenvalue weighted by Gasteiger charge is 2.17. The van der Waals surface area contributed by atoms with Crippen LogP contribution in [0.15, 0.2) is 24.3 Å². The molecule has 0 unspecified atom stereocenters. The highest BCUT2D eigenvalue weighted by molar-refractivity contribution is 6.01. The standard InChI is InChI=1S/C12H16N2O3/c1-12(2,3)17-11(16)14-9-7-5-4-6-8(9)10(13)15/h4-7H,1-3H3,(H2,13,15)(H,14,16). The van der Waals surface area contributed by atoms with E-state index in [4.69, 9.17) is 10.5 Å². The van der Waals surface area contributed by atoms with Crippen molar-refractivity contribution in [3.05, 3.63) is 29.8 Å². The van der Waals surface area contributed by atoms with E-state index < -0.39 is 17.6 Å². The van der Waals surface area contributed by atoms with Gasteiger partial charge in [-0.25, -0.2) is 4.79 Å². The lowest BCUT2D eigenvalue weighted by atomic mass is 10.1. The Labute approximate surface area is 99.9 Å². The minimum Gasteiger partial charge on any atom is -0.444 e. The van der Waals surface area contributed by atoms with Gasteiger partial charge < -0.3 is 10.5 Å². The van der Waals surface area contributed by atoms with Crippen molar-refractivity contribution in [2.24, 2.45) is 5.73 Å². The molecular formula is C12H16N2O3. The molecule has 3 N–H and O–H groups in total. The van der Waals surface area contributed by atoms with Gasteiger partial charge in [0.25, 0.3) is 5.91 Å². The van der Waals surface area contributed by atoms with Gasteiger partial charge in [-0.1, -0.05) is 12.1 Å². The Morgan fingerprint density at radius 1 is 1.24 bits per heavy atom. The van der Waals surface area contributed by atoms with E-state index in [-0.39, 0.29) is 5.56 Å². The summed E-state index contributed by atoms with van der Waals surface area (Å²) in [7, 11) is 0. The van der Waals surface area contributed by atoms with E-state index in [9.17, 15) is 9.59 Å². The molecule has 1 aromatic carbocycles. The lowest BCUT2D eigenvalue weighted by Crippen LogP contribution is -2.28. The van der Waals surface area contributed by atoms with Crippen LogP contribution in [0.5, 0.6) is 0 Å². The summed E-state index contributed by atoms with van der Waals surface area (Å²) in [6.07, 6.45) is -0.619. The molecule has 2 amide bonds. The summed E-state index contributed by atoms with van der Waals surface area (Å²) >= 11 is 0. The fraction of sp³-hybridized carbons (Fsp3) is 0.333. The van der Waals surface area contributed by atoms with Gasteiger partial charge in [0, 0.05) is 0 Å². The van der Waals surface area contributed by atoms with E-state index in [2.05, 4.69) is 5.32 Å². The maximum Gasteiger partial charge on any atom is 0.412 e. The summed E-state index contributed by atoms with van der Waals surface area (Å²) in [5.74, 6) is -0.600. The number of amides is 2. The van der Waals surface area contributed by atoms with Crippen LogP contribution < -0.4 is 11.1 Å². The molecule has 0 aromatic heterocycles. The zero-order valence-corrected chi connectivity index (χ0v) is 10.1. The van der Waals surface area contributed by atoms with Crippen LogP contribution in [0, 0.1) is 0 Å². The molecule has 0 heterocycles. The Kier molecular flexibility index (Phi) is 3.73. The second kappa shape index (κ2) is 4.86. The van der Waals surface area contributed by atoms with E-state index >= 15 is 0 Å². The summed E-state index contributed by atoms with van der Waals surface area (Å²) in [5.41, 5.74) is 5.19. The maximum absolute atomic E-state index is 11.5. The van der Waals surface area contributed by atoms with Crippen molar-refractivity contribution in [1.82, 2.24) is 0 Å². The molecule has 0 aliphatic heterocycles. The Hall–Kier alpha value is -2.04. The molecule has 0 saturated carbocycles. The molecule has 0 bridgehead atoms. The Morgan fingerprint density at radius 3 is 2.35 bits per heavy atom. The van der Waals surface area contributed by atoms with Crippen LogP contribution >= 0.6 is 0 Å². The Morgan fingerprint density at radius 2 is 1.82 bits per heavy atom. The first-order valence-corrected chi connectivity index (χ1v) is 5.18. The highest BCUT2D eigenvalue weighted by atomic mass is 16.6. The first-order valence-electron chi connectivity index (χ1n) is 5.18. The number of carbonyl (C=O) groups is 2. The topological polar surface area (TPSA) is 81.4 Å². The number of hydrogen-bond acceptors (Lipinski definition) is 3. The number of para-hydroxylation sites is 1. The second-order valence-corrected chi connectivity index (χ2v) is 4.54. The van der Waals surface area contributed by atoms with Crippen LogP contribution in [0.1, 0.15) is 31.1 Å². The summed E-state index contributed by atoms with van der Waals surface area (Å²) in [6, 6.07) is 6.48. The van der Waals surface area contributed by atoms with Crippen LogP contribution in [0.3, 0.4) is 0 Å². The smallest absolute Gasteiger partial charge is 0.412 e. The zero-order valence-electron chi connectivity index (χ0n) is 10.1. The van der Waals surface area contributed by atoms with Crippen molar-refractivity contribution in [3.8, 4) is 0 Å². The van der Waals surface area contributed by atoms with E-state index in [0.717, 1.165) is 0 Å². The normalized spacial score (nSPS) is 10.8. The lowest BCUT2D eigenvalue weighted by molar-refractivity contribution is 0.0636. The molecule has 5 nitrogen and oxygen atoms in total. The molecule has 0 radical (unpaired) electrons. The molecule has 0 saturated heterocycles. The largest absolute Gasteiger partial charge is 0.444 e. The summed E-state index contributed by atoms with van der Waals surface area (Å²) < 4.78 is 5.07. The average Bonchev–Trinajstić information content (AvgIpc) is 2.14. The predicted octanol–water partition coefficient (Wildman–Crippen LogP) is 2.13. The number of rotatable bonds is 2. The number of nitrogens with one attached hydrogen (secondary N) is 1. The molecular weight excluding hydrogens is 220 g/mol. The third kappa shape index (κ3) is 4.14. The molecule has 0 atom stereocenters. The van der Waals surface area contributed by atoms with Crippen LogP contribution in [0.2, 0.25) is 0 Å². The number of benzene rings is 1. The summed E-state index contributed by atoms with van der Waals surface area (Å²) in [4.78, 5) is 22.6. The number of ether oxygens (including phenoxy) is 1. The third-order valence-corrected chi connectivity index (χ3v) is 1.83. The zero-order chi connectivity index (χ0) is 13.1. The van der Waals surface area contributed by atoms with Crippen molar-refractivity contribution < 1.29 is 14.3 Å². The van der Waals surface area contributed by atoms with E-state index in [1.807, 2.05) is 0 Å². The van der Waals surface area contributed by atoms with Crippen LogP contribution in [-0.4, -0.2) is 17.6 Å². The minimum absolute atomic E-state index is 0.248. The van der Waals surface area contributed by atoms with Gasteiger partial charge in [-0.3, -0.25) is 10.1 Å². The van der Waals surface area contributed by atoms with Crippen LogP contribution in [0.25, 0.3) is 0 Å². The van der Waals surface area contributed by atoms with Gasteiger partial charge in [-0.2, -0.15) is 0 Å². The number of anilines is 1. The number of carbonyl (C=O) groups excluding carboxylic acids is 2. The molecule has 5 heteroatoms. The molecule has 1 aromatic rings.